The van der Waals surface area contributed by atoms with Crippen molar-refractivity contribution in [1.82, 2.24) is 19.4 Å². The van der Waals surface area contributed by atoms with Crippen molar-refractivity contribution in [3.05, 3.63) is 24.7 Å². The van der Waals surface area contributed by atoms with E-state index >= 15 is 0 Å². The molecule has 3 aliphatic rings. The monoisotopic (exact) mass is 370 g/mol. The first-order chi connectivity index (χ1) is 13.2. The highest BCUT2D eigenvalue weighted by Crippen LogP contribution is 2.44. The van der Waals surface area contributed by atoms with Crippen LogP contribution in [0, 0.1) is 5.41 Å². The molecule has 1 spiro atoms. The van der Waals surface area contributed by atoms with E-state index in [9.17, 15) is 4.79 Å². The van der Waals surface area contributed by atoms with Crippen LogP contribution < -0.4 is 0 Å². The third kappa shape index (κ3) is 3.12. The Morgan fingerprint density at radius 1 is 1.19 bits per heavy atom. The number of fused-ring (bicyclic) bond motifs is 1. The van der Waals surface area contributed by atoms with E-state index in [1.807, 2.05) is 24.7 Å². The van der Waals surface area contributed by atoms with E-state index in [0.717, 1.165) is 69.7 Å². The summed E-state index contributed by atoms with van der Waals surface area (Å²) >= 11 is 0. The molecule has 1 atom stereocenters. The number of esters is 1. The van der Waals surface area contributed by atoms with Gasteiger partial charge < -0.3 is 14.0 Å². The topological polar surface area (TPSA) is 69.5 Å². The lowest BCUT2D eigenvalue weighted by molar-refractivity contribution is -0.143. The summed E-state index contributed by atoms with van der Waals surface area (Å²) in [5, 5.41) is 0. The molecule has 0 N–H and O–H groups in total. The van der Waals surface area contributed by atoms with Gasteiger partial charge in [0.15, 0.2) is 5.65 Å². The summed E-state index contributed by atoms with van der Waals surface area (Å²) in [6.45, 7) is 4.36. The molecule has 5 rings (SSSR count). The Morgan fingerprint density at radius 3 is 2.81 bits per heavy atom. The van der Waals surface area contributed by atoms with Gasteiger partial charge in [0.2, 0.25) is 0 Å². The number of nitrogens with zero attached hydrogens (tertiary/aromatic N) is 4. The number of cyclic esters (lactones) is 1. The molecule has 0 amide bonds. The summed E-state index contributed by atoms with van der Waals surface area (Å²) < 4.78 is 13.5. The van der Waals surface area contributed by atoms with Gasteiger partial charge in [0.25, 0.3) is 0 Å². The van der Waals surface area contributed by atoms with Crippen LogP contribution in [0.1, 0.15) is 38.1 Å². The van der Waals surface area contributed by atoms with Crippen molar-refractivity contribution in [2.45, 2.75) is 44.2 Å². The van der Waals surface area contributed by atoms with Crippen molar-refractivity contribution in [3.63, 3.8) is 0 Å². The quantitative estimate of drug-likeness (QED) is 0.772. The number of piperidine rings is 1. The molecule has 2 aromatic heterocycles. The maximum Gasteiger partial charge on any atom is 0.306 e. The zero-order chi connectivity index (χ0) is 18.3. The average molecular weight is 370 g/mol. The van der Waals surface area contributed by atoms with Crippen LogP contribution in [0.3, 0.4) is 0 Å². The minimum Gasteiger partial charge on any atom is -0.460 e. The van der Waals surface area contributed by atoms with Gasteiger partial charge in [0.05, 0.1) is 12.7 Å². The highest BCUT2D eigenvalue weighted by atomic mass is 16.6. The number of imidazole rings is 1. The summed E-state index contributed by atoms with van der Waals surface area (Å²) in [5.41, 5.74) is 1.93. The lowest BCUT2D eigenvalue weighted by Gasteiger charge is -2.40. The van der Waals surface area contributed by atoms with Gasteiger partial charge in [-0.1, -0.05) is 0 Å². The van der Waals surface area contributed by atoms with Gasteiger partial charge in [0, 0.05) is 50.5 Å². The highest BCUT2D eigenvalue weighted by Gasteiger charge is 2.50. The van der Waals surface area contributed by atoms with E-state index in [1.165, 1.54) is 0 Å². The zero-order valence-corrected chi connectivity index (χ0v) is 15.5. The minimum absolute atomic E-state index is 0.00332. The van der Waals surface area contributed by atoms with Crippen molar-refractivity contribution in [2.75, 3.05) is 32.8 Å². The fourth-order valence-corrected chi connectivity index (χ4v) is 4.98. The molecule has 0 bridgehead atoms. The fourth-order valence-electron chi connectivity index (χ4n) is 4.98. The summed E-state index contributed by atoms with van der Waals surface area (Å²) in [5.74, 6) is -0.0345. The summed E-state index contributed by atoms with van der Waals surface area (Å²) in [6, 6.07) is 4.37. The van der Waals surface area contributed by atoms with E-state index in [-0.39, 0.29) is 17.5 Å². The molecule has 3 saturated heterocycles. The molecule has 5 heterocycles. The van der Waals surface area contributed by atoms with Crippen LogP contribution in [0.2, 0.25) is 0 Å². The Labute approximate surface area is 158 Å². The maximum absolute atomic E-state index is 12.0. The van der Waals surface area contributed by atoms with Gasteiger partial charge in [-0.05, 0) is 37.8 Å². The molecule has 7 heteroatoms. The summed E-state index contributed by atoms with van der Waals surface area (Å²) in [7, 11) is 0. The Morgan fingerprint density at radius 2 is 2.00 bits per heavy atom. The van der Waals surface area contributed by atoms with E-state index in [1.54, 1.807) is 0 Å². The third-order valence-corrected chi connectivity index (χ3v) is 6.65. The average Bonchev–Trinajstić information content (AvgIpc) is 3.24. The van der Waals surface area contributed by atoms with Crippen molar-refractivity contribution in [1.29, 1.82) is 0 Å². The maximum atomic E-state index is 12.0. The molecule has 0 radical (unpaired) electrons. The second-order valence-electron chi connectivity index (χ2n) is 8.16. The molecule has 0 aliphatic carbocycles. The molecule has 7 nitrogen and oxygen atoms in total. The second kappa shape index (κ2) is 6.87. The van der Waals surface area contributed by atoms with Crippen molar-refractivity contribution >= 4 is 17.1 Å². The number of rotatable bonds is 3. The number of ether oxygens (including phenoxy) is 2. The van der Waals surface area contributed by atoms with Gasteiger partial charge >= 0.3 is 5.97 Å². The molecule has 27 heavy (non-hydrogen) atoms. The Kier molecular flexibility index (Phi) is 4.36. The Bertz CT molecular complexity index is 821. The first-order valence-electron chi connectivity index (χ1n) is 10.0. The molecular formula is C20H26N4O3. The SMILES string of the molecule is O=C1CC2(CCOCC2)C(CN2CCC(n3cnc4cccnc43)CC2)O1. The zero-order valence-electron chi connectivity index (χ0n) is 15.5. The smallest absolute Gasteiger partial charge is 0.306 e. The standard InChI is InChI=1S/C20H26N4O3/c25-18-12-20(5-10-26-11-6-20)17(27-18)13-23-8-3-15(4-9-23)24-14-22-16-2-1-7-21-19(16)24/h1-2,7,14-15,17H,3-6,8-13H2. The molecule has 0 saturated carbocycles. The number of likely N-dealkylation sites (tertiary alicyclic amines) is 1. The van der Waals surface area contributed by atoms with E-state index < -0.39 is 0 Å². The normalized spacial score (nSPS) is 26.7. The predicted octanol–water partition coefficient (Wildman–Crippen LogP) is 2.18. The highest BCUT2D eigenvalue weighted by molar-refractivity contribution is 5.73. The minimum atomic E-state index is -0.0345. The van der Waals surface area contributed by atoms with Crippen LogP contribution in [0.5, 0.6) is 0 Å². The van der Waals surface area contributed by atoms with Gasteiger partial charge in [-0.3, -0.25) is 9.69 Å². The third-order valence-electron chi connectivity index (χ3n) is 6.65. The number of hydrogen-bond acceptors (Lipinski definition) is 6. The van der Waals surface area contributed by atoms with Crippen LogP contribution in [0.4, 0.5) is 0 Å². The van der Waals surface area contributed by atoms with E-state index in [4.69, 9.17) is 9.47 Å². The Balaban J connectivity index is 1.24. The van der Waals surface area contributed by atoms with Gasteiger partial charge in [0.1, 0.15) is 11.6 Å². The lowest BCUT2D eigenvalue weighted by Crippen LogP contribution is -2.46. The number of aromatic nitrogens is 3. The first-order valence-corrected chi connectivity index (χ1v) is 10.0. The van der Waals surface area contributed by atoms with Crippen LogP contribution in [0.15, 0.2) is 24.7 Å². The number of carbonyl (C=O) groups excluding carboxylic acids is 1. The molecule has 3 aliphatic heterocycles. The molecule has 2 aromatic rings. The van der Waals surface area contributed by atoms with Crippen LogP contribution >= 0.6 is 0 Å². The Hall–Kier alpha value is -1.99. The lowest BCUT2D eigenvalue weighted by atomic mass is 9.74. The summed E-state index contributed by atoms with van der Waals surface area (Å²) in [4.78, 5) is 23.4. The molecule has 1 unspecified atom stereocenters. The molecule has 144 valence electrons. The van der Waals surface area contributed by atoms with Crippen LogP contribution in [-0.2, 0) is 14.3 Å². The van der Waals surface area contributed by atoms with Crippen molar-refractivity contribution < 1.29 is 14.3 Å². The molecule has 0 aromatic carbocycles. The van der Waals surface area contributed by atoms with Gasteiger partial charge in [-0.2, -0.15) is 0 Å². The molecule has 3 fully saturated rings. The number of hydrogen-bond donors (Lipinski definition) is 0. The van der Waals surface area contributed by atoms with Crippen LogP contribution in [-0.4, -0.2) is 64.4 Å². The van der Waals surface area contributed by atoms with Gasteiger partial charge in [-0.15, -0.1) is 0 Å². The van der Waals surface area contributed by atoms with E-state index in [0.29, 0.717) is 12.5 Å². The number of pyridine rings is 1. The van der Waals surface area contributed by atoms with Crippen molar-refractivity contribution in [3.8, 4) is 0 Å². The predicted molar refractivity (Wildman–Crippen MR) is 99.2 cm³/mol. The molecular weight excluding hydrogens is 344 g/mol. The largest absolute Gasteiger partial charge is 0.460 e. The van der Waals surface area contributed by atoms with Gasteiger partial charge in [-0.25, -0.2) is 9.97 Å². The summed E-state index contributed by atoms with van der Waals surface area (Å²) in [6.07, 6.45) is 8.34. The fraction of sp³-hybridized carbons (Fsp3) is 0.650. The van der Waals surface area contributed by atoms with Crippen LogP contribution in [0.25, 0.3) is 11.2 Å². The van der Waals surface area contributed by atoms with Crippen molar-refractivity contribution in [2.24, 2.45) is 5.41 Å². The second-order valence-corrected chi connectivity index (χ2v) is 8.16. The number of carbonyl (C=O) groups is 1. The first kappa shape index (κ1) is 17.1. The van der Waals surface area contributed by atoms with E-state index in [2.05, 4.69) is 19.4 Å².